The summed E-state index contributed by atoms with van der Waals surface area (Å²) in [6.07, 6.45) is 5.54. The van der Waals surface area contributed by atoms with Crippen molar-refractivity contribution in [1.82, 2.24) is 10.6 Å². The van der Waals surface area contributed by atoms with E-state index >= 15 is 0 Å². The maximum Gasteiger partial charge on any atom is 0.0124 e. The van der Waals surface area contributed by atoms with Crippen LogP contribution in [0.5, 0.6) is 0 Å². The summed E-state index contributed by atoms with van der Waals surface area (Å²) in [6, 6.07) is 0.809. The molecule has 0 aromatic carbocycles. The molecule has 2 N–H and O–H groups in total. The second kappa shape index (κ2) is 4.19. The first-order valence-electron chi connectivity index (χ1n) is 6.12. The van der Waals surface area contributed by atoms with E-state index in [1.54, 1.807) is 0 Å². The van der Waals surface area contributed by atoms with E-state index in [1.807, 2.05) is 0 Å². The summed E-state index contributed by atoms with van der Waals surface area (Å²) in [4.78, 5) is 0. The minimum absolute atomic E-state index is 0.592. The van der Waals surface area contributed by atoms with E-state index < -0.39 is 0 Å². The molecule has 2 unspecified atom stereocenters. The molecule has 2 atom stereocenters. The zero-order chi connectivity index (χ0) is 10.0. The molecule has 1 aliphatic carbocycles. The third-order valence-corrected chi connectivity index (χ3v) is 3.86. The standard InChI is InChI=1S/C12H24N2/c1-12(2)8-11(12)14-6-3-4-10-5-7-13-9-10/h10-11,13-14H,3-9H2,1-2H3. The number of hydrogen-bond donors (Lipinski definition) is 2. The fourth-order valence-electron chi connectivity index (χ4n) is 2.44. The molecule has 2 aliphatic rings. The lowest BCUT2D eigenvalue weighted by molar-refractivity contribution is 0.474. The minimum Gasteiger partial charge on any atom is -0.316 e. The third kappa shape index (κ3) is 2.71. The number of nitrogens with one attached hydrogen (secondary N) is 2. The normalized spacial score (nSPS) is 34.7. The van der Waals surface area contributed by atoms with Crippen LogP contribution in [-0.2, 0) is 0 Å². The minimum atomic E-state index is 0.592. The molecule has 1 aliphatic heterocycles. The zero-order valence-electron chi connectivity index (χ0n) is 9.60. The first kappa shape index (κ1) is 10.4. The summed E-state index contributed by atoms with van der Waals surface area (Å²) in [5.41, 5.74) is 0.592. The van der Waals surface area contributed by atoms with Crippen molar-refractivity contribution >= 4 is 0 Å². The van der Waals surface area contributed by atoms with Gasteiger partial charge >= 0.3 is 0 Å². The van der Waals surface area contributed by atoms with E-state index in [0.29, 0.717) is 5.41 Å². The maximum atomic E-state index is 3.65. The van der Waals surface area contributed by atoms with Gasteiger partial charge in [-0.1, -0.05) is 13.8 Å². The highest BCUT2D eigenvalue weighted by atomic mass is 15.0. The van der Waals surface area contributed by atoms with E-state index in [0.717, 1.165) is 12.0 Å². The van der Waals surface area contributed by atoms with Crippen LogP contribution >= 0.6 is 0 Å². The molecule has 0 radical (unpaired) electrons. The van der Waals surface area contributed by atoms with Gasteiger partial charge in [-0.3, -0.25) is 0 Å². The van der Waals surface area contributed by atoms with Gasteiger partial charge in [0.15, 0.2) is 0 Å². The SMILES string of the molecule is CC1(C)CC1NCCCC1CCNC1. The maximum absolute atomic E-state index is 3.65. The second-order valence-electron chi connectivity index (χ2n) is 5.70. The van der Waals surface area contributed by atoms with Crippen molar-refractivity contribution < 1.29 is 0 Å². The van der Waals surface area contributed by atoms with Gasteiger partial charge in [-0.05, 0) is 56.7 Å². The van der Waals surface area contributed by atoms with Gasteiger partial charge in [-0.15, -0.1) is 0 Å². The summed E-state index contributed by atoms with van der Waals surface area (Å²) in [6.45, 7) is 8.43. The molecule has 1 saturated carbocycles. The predicted molar refractivity (Wildman–Crippen MR) is 60.4 cm³/mol. The molecule has 1 saturated heterocycles. The fraction of sp³-hybridized carbons (Fsp3) is 1.00. The van der Waals surface area contributed by atoms with E-state index in [4.69, 9.17) is 0 Å². The molecule has 0 aromatic rings. The van der Waals surface area contributed by atoms with Crippen LogP contribution in [0.25, 0.3) is 0 Å². The third-order valence-electron chi connectivity index (χ3n) is 3.86. The molecule has 0 spiro atoms. The van der Waals surface area contributed by atoms with Crippen LogP contribution in [0.4, 0.5) is 0 Å². The van der Waals surface area contributed by atoms with Crippen LogP contribution in [0.3, 0.4) is 0 Å². The van der Waals surface area contributed by atoms with Gasteiger partial charge < -0.3 is 10.6 Å². The molecule has 2 heteroatoms. The van der Waals surface area contributed by atoms with Gasteiger partial charge in [0.1, 0.15) is 0 Å². The van der Waals surface area contributed by atoms with Crippen LogP contribution in [-0.4, -0.2) is 25.7 Å². The monoisotopic (exact) mass is 196 g/mol. The molecule has 0 bridgehead atoms. The van der Waals surface area contributed by atoms with Gasteiger partial charge in [0.25, 0.3) is 0 Å². The lowest BCUT2D eigenvalue weighted by Gasteiger charge is -2.09. The van der Waals surface area contributed by atoms with E-state index in [1.165, 1.54) is 45.3 Å². The van der Waals surface area contributed by atoms with E-state index in [9.17, 15) is 0 Å². The smallest absolute Gasteiger partial charge is 0.0124 e. The van der Waals surface area contributed by atoms with Crippen molar-refractivity contribution in [2.75, 3.05) is 19.6 Å². The average Bonchev–Trinajstić information content (AvgIpc) is 2.60. The van der Waals surface area contributed by atoms with Crippen molar-refractivity contribution in [3.05, 3.63) is 0 Å². The molecular formula is C12H24N2. The highest BCUT2D eigenvalue weighted by Crippen LogP contribution is 2.44. The van der Waals surface area contributed by atoms with Crippen LogP contribution in [0.2, 0.25) is 0 Å². The van der Waals surface area contributed by atoms with Gasteiger partial charge in [0, 0.05) is 6.04 Å². The van der Waals surface area contributed by atoms with Gasteiger partial charge in [-0.2, -0.15) is 0 Å². The molecule has 2 rings (SSSR count). The van der Waals surface area contributed by atoms with Gasteiger partial charge in [-0.25, -0.2) is 0 Å². The summed E-state index contributed by atoms with van der Waals surface area (Å²) in [5, 5.41) is 7.08. The van der Waals surface area contributed by atoms with Crippen LogP contribution in [0, 0.1) is 11.3 Å². The topological polar surface area (TPSA) is 24.1 Å². The Bertz CT molecular complexity index is 176. The Morgan fingerprint density at radius 3 is 2.79 bits per heavy atom. The Morgan fingerprint density at radius 1 is 1.43 bits per heavy atom. The van der Waals surface area contributed by atoms with Crippen molar-refractivity contribution in [2.24, 2.45) is 11.3 Å². The Morgan fingerprint density at radius 2 is 2.21 bits per heavy atom. The highest BCUT2D eigenvalue weighted by Gasteiger charge is 2.44. The molecule has 82 valence electrons. The second-order valence-corrected chi connectivity index (χ2v) is 5.70. The van der Waals surface area contributed by atoms with Crippen molar-refractivity contribution in [3.8, 4) is 0 Å². The molecule has 14 heavy (non-hydrogen) atoms. The number of hydrogen-bond acceptors (Lipinski definition) is 2. The van der Waals surface area contributed by atoms with Gasteiger partial charge in [0.05, 0.1) is 0 Å². The first-order chi connectivity index (χ1) is 6.68. The molecule has 0 aromatic heterocycles. The lowest BCUT2D eigenvalue weighted by atomic mass is 10.0. The molecule has 2 nitrogen and oxygen atoms in total. The predicted octanol–water partition coefficient (Wildman–Crippen LogP) is 1.76. The summed E-state index contributed by atoms with van der Waals surface area (Å²) >= 11 is 0. The van der Waals surface area contributed by atoms with Crippen LogP contribution in [0.15, 0.2) is 0 Å². The van der Waals surface area contributed by atoms with Crippen molar-refractivity contribution in [1.29, 1.82) is 0 Å². The average molecular weight is 196 g/mol. The Kier molecular flexibility index (Phi) is 3.13. The van der Waals surface area contributed by atoms with Crippen LogP contribution < -0.4 is 10.6 Å². The Hall–Kier alpha value is -0.0800. The molecule has 0 amide bonds. The van der Waals surface area contributed by atoms with Crippen molar-refractivity contribution in [2.45, 2.75) is 45.6 Å². The highest BCUT2D eigenvalue weighted by molar-refractivity contribution is 5.01. The molecular weight excluding hydrogens is 172 g/mol. The molecule has 2 fully saturated rings. The van der Waals surface area contributed by atoms with Crippen molar-refractivity contribution in [3.63, 3.8) is 0 Å². The van der Waals surface area contributed by atoms with E-state index in [-0.39, 0.29) is 0 Å². The summed E-state index contributed by atoms with van der Waals surface area (Å²) in [7, 11) is 0. The largest absolute Gasteiger partial charge is 0.316 e. The summed E-state index contributed by atoms with van der Waals surface area (Å²) in [5.74, 6) is 0.962. The first-order valence-corrected chi connectivity index (χ1v) is 6.12. The molecule has 1 heterocycles. The number of rotatable bonds is 5. The van der Waals surface area contributed by atoms with E-state index in [2.05, 4.69) is 24.5 Å². The van der Waals surface area contributed by atoms with Gasteiger partial charge in [0.2, 0.25) is 0 Å². The Balaban J connectivity index is 1.48. The fourth-order valence-corrected chi connectivity index (χ4v) is 2.44. The van der Waals surface area contributed by atoms with Crippen LogP contribution in [0.1, 0.15) is 39.5 Å². The Labute approximate surface area is 87.8 Å². The quantitative estimate of drug-likeness (QED) is 0.655. The zero-order valence-corrected chi connectivity index (χ0v) is 9.60. The summed E-state index contributed by atoms with van der Waals surface area (Å²) < 4.78 is 0. The lowest BCUT2D eigenvalue weighted by Crippen LogP contribution is -2.22.